The summed E-state index contributed by atoms with van der Waals surface area (Å²) in [4.78, 5) is 0. The highest BCUT2D eigenvalue weighted by Crippen LogP contribution is 2.32. The molecule has 0 radical (unpaired) electrons. The quantitative estimate of drug-likeness (QED) is 0.765. The van der Waals surface area contributed by atoms with Gasteiger partial charge < -0.3 is 10.5 Å². The van der Waals surface area contributed by atoms with E-state index in [2.05, 4.69) is 11.2 Å². The molecular formula is C19H20ClN3O. The lowest BCUT2D eigenvalue weighted by molar-refractivity contribution is 0.415. The molecule has 0 amide bonds. The van der Waals surface area contributed by atoms with Crippen LogP contribution < -0.4 is 10.5 Å². The summed E-state index contributed by atoms with van der Waals surface area (Å²) in [5, 5.41) is 5.21. The van der Waals surface area contributed by atoms with E-state index >= 15 is 0 Å². The second-order valence-corrected chi connectivity index (χ2v) is 6.05. The Kier molecular flexibility index (Phi) is 4.88. The summed E-state index contributed by atoms with van der Waals surface area (Å²) in [6.45, 7) is 2.44. The third-order valence-corrected chi connectivity index (χ3v) is 4.33. The molecule has 5 heteroatoms. The summed E-state index contributed by atoms with van der Waals surface area (Å²) in [7, 11) is 1.61. The summed E-state index contributed by atoms with van der Waals surface area (Å²) in [6.07, 6.45) is 0. The van der Waals surface area contributed by atoms with E-state index in [9.17, 15) is 0 Å². The molecule has 0 bridgehead atoms. The molecule has 2 aromatic carbocycles. The van der Waals surface area contributed by atoms with Crippen LogP contribution in [0.4, 0.5) is 0 Å². The monoisotopic (exact) mass is 341 g/mol. The van der Waals surface area contributed by atoms with Crippen molar-refractivity contribution in [1.82, 2.24) is 9.78 Å². The van der Waals surface area contributed by atoms with Crippen LogP contribution >= 0.6 is 11.6 Å². The van der Waals surface area contributed by atoms with Crippen molar-refractivity contribution in [2.24, 2.45) is 5.73 Å². The van der Waals surface area contributed by atoms with Gasteiger partial charge in [-0.2, -0.15) is 5.10 Å². The number of nitrogens with two attached hydrogens (primary N) is 1. The summed E-state index contributed by atoms with van der Waals surface area (Å²) in [6, 6.07) is 17.9. The van der Waals surface area contributed by atoms with Gasteiger partial charge in [-0.25, -0.2) is 4.68 Å². The molecule has 0 aliphatic heterocycles. The molecule has 124 valence electrons. The van der Waals surface area contributed by atoms with E-state index in [1.165, 1.54) is 0 Å². The van der Waals surface area contributed by atoms with Gasteiger partial charge in [-0.3, -0.25) is 0 Å². The topological polar surface area (TPSA) is 53.1 Å². The number of para-hydroxylation sites is 1. The van der Waals surface area contributed by atoms with Gasteiger partial charge in [-0.15, -0.1) is 0 Å². The zero-order chi connectivity index (χ0) is 17.1. The lowest BCUT2D eigenvalue weighted by Crippen LogP contribution is -2.17. The lowest BCUT2D eigenvalue weighted by atomic mass is 9.95. The molecule has 1 atom stereocenters. The lowest BCUT2D eigenvalue weighted by Gasteiger charge is -2.18. The highest BCUT2D eigenvalue weighted by Gasteiger charge is 2.20. The van der Waals surface area contributed by atoms with Crippen LogP contribution in [0.5, 0.6) is 5.75 Å². The molecule has 1 unspecified atom stereocenters. The fourth-order valence-electron chi connectivity index (χ4n) is 2.87. The molecule has 0 saturated heterocycles. The molecule has 0 aliphatic carbocycles. The van der Waals surface area contributed by atoms with Crippen LogP contribution in [0.2, 0.25) is 5.02 Å². The molecule has 3 rings (SSSR count). The molecule has 0 saturated carbocycles. The largest absolute Gasteiger partial charge is 0.495 e. The van der Waals surface area contributed by atoms with Crippen LogP contribution in [0.1, 0.15) is 22.9 Å². The Balaban J connectivity index is 2.08. The Labute approximate surface area is 146 Å². The van der Waals surface area contributed by atoms with Crippen LogP contribution in [-0.2, 0) is 0 Å². The number of aromatic nitrogens is 2. The minimum Gasteiger partial charge on any atom is -0.495 e. The van der Waals surface area contributed by atoms with Crippen LogP contribution in [0, 0.1) is 6.92 Å². The zero-order valence-electron chi connectivity index (χ0n) is 13.7. The minimum atomic E-state index is -0.00480. The Morgan fingerprint density at radius 2 is 1.92 bits per heavy atom. The third kappa shape index (κ3) is 3.16. The van der Waals surface area contributed by atoms with E-state index in [1.54, 1.807) is 7.11 Å². The third-order valence-electron chi connectivity index (χ3n) is 4.03. The molecule has 0 aliphatic rings. The predicted molar refractivity (Wildman–Crippen MR) is 97.2 cm³/mol. The fourth-order valence-corrected chi connectivity index (χ4v) is 3.14. The molecule has 2 N–H and O–H groups in total. The Morgan fingerprint density at radius 3 is 2.54 bits per heavy atom. The maximum Gasteiger partial charge on any atom is 0.137 e. The first-order valence-electron chi connectivity index (χ1n) is 7.79. The first-order chi connectivity index (χ1) is 11.6. The second kappa shape index (κ2) is 7.07. The van der Waals surface area contributed by atoms with Gasteiger partial charge in [0.25, 0.3) is 0 Å². The Morgan fingerprint density at radius 1 is 1.17 bits per heavy atom. The number of rotatable bonds is 5. The van der Waals surface area contributed by atoms with Gasteiger partial charge in [-0.1, -0.05) is 35.9 Å². The number of halogens is 1. The van der Waals surface area contributed by atoms with Gasteiger partial charge in [0.2, 0.25) is 0 Å². The van der Waals surface area contributed by atoms with Crippen molar-refractivity contribution in [2.45, 2.75) is 12.8 Å². The van der Waals surface area contributed by atoms with Gasteiger partial charge in [0, 0.05) is 12.5 Å². The number of nitrogens with zero attached hydrogens (tertiary/aromatic N) is 2. The van der Waals surface area contributed by atoms with Crippen molar-refractivity contribution in [2.75, 3.05) is 13.7 Å². The molecule has 4 nitrogen and oxygen atoms in total. The molecule has 3 aromatic rings. The van der Waals surface area contributed by atoms with E-state index in [-0.39, 0.29) is 5.92 Å². The van der Waals surface area contributed by atoms with Gasteiger partial charge in [-0.05, 0) is 42.8 Å². The summed E-state index contributed by atoms with van der Waals surface area (Å²) in [5.74, 6) is 0.652. The van der Waals surface area contributed by atoms with Crippen LogP contribution in [-0.4, -0.2) is 23.4 Å². The summed E-state index contributed by atoms with van der Waals surface area (Å²) in [5.41, 5.74) is 10.1. The standard InChI is InChI=1S/C19H20ClN3O/c1-13-10-18(23(22-13)15-6-4-3-5-7-15)16(12-21)14-8-9-19(24-2)17(20)11-14/h3-11,16H,12,21H2,1-2H3. The smallest absolute Gasteiger partial charge is 0.137 e. The maximum atomic E-state index is 6.29. The number of benzene rings is 2. The summed E-state index contributed by atoms with van der Waals surface area (Å²) < 4.78 is 7.18. The van der Waals surface area contributed by atoms with Crippen molar-refractivity contribution in [3.63, 3.8) is 0 Å². The fraction of sp³-hybridized carbons (Fsp3) is 0.211. The average Bonchev–Trinajstić information content (AvgIpc) is 2.98. The first kappa shape index (κ1) is 16.6. The van der Waals surface area contributed by atoms with Crippen molar-refractivity contribution in [3.8, 4) is 11.4 Å². The normalized spacial score (nSPS) is 12.2. The highest BCUT2D eigenvalue weighted by atomic mass is 35.5. The molecule has 24 heavy (non-hydrogen) atoms. The summed E-state index contributed by atoms with van der Waals surface area (Å²) >= 11 is 6.29. The number of methoxy groups -OCH3 is 1. The predicted octanol–water partition coefficient (Wildman–Crippen LogP) is 3.93. The van der Waals surface area contributed by atoms with Crippen molar-refractivity contribution < 1.29 is 4.74 Å². The number of hydrogen-bond donors (Lipinski definition) is 1. The van der Waals surface area contributed by atoms with Gasteiger partial charge in [0.1, 0.15) is 5.75 Å². The van der Waals surface area contributed by atoms with Gasteiger partial charge >= 0.3 is 0 Å². The SMILES string of the molecule is COc1ccc(C(CN)c2cc(C)nn2-c2ccccc2)cc1Cl. The number of ether oxygens (including phenoxy) is 1. The molecule has 0 spiro atoms. The van der Waals surface area contributed by atoms with Crippen LogP contribution in [0.15, 0.2) is 54.6 Å². The molecule has 1 heterocycles. The van der Waals surface area contributed by atoms with Crippen molar-refractivity contribution in [3.05, 3.63) is 76.6 Å². The van der Waals surface area contributed by atoms with Crippen LogP contribution in [0.25, 0.3) is 5.69 Å². The number of aryl methyl sites for hydroxylation is 1. The van der Waals surface area contributed by atoms with Crippen LogP contribution in [0.3, 0.4) is 0 Å². The molecule has 0 fully saturated rings. The van der Waals surface area contributed by atoms with E-state index in [4.69, 9.17) is 22.1 Å². The highest BCUT2D eigenvalue weighted by molar-refractivity contribution is 6.32. The van der Waals surface area contributed by atoms with E-state index < -0.39 is 0 Å². The second-order valence-electron chi connectivity index (χ2n) is 5.64. The van der Waals surface area contributed by atoms with Crippen molar-refractivity contribution in [1.29, 1.82) is 0 Å². The Hall–Kier alpha value is -2.30. The first-order valence-corrected chi connectivity index (χ1v) is 8.17. The molecule has 1 aromatic heterocycles. The van der Waals surface area contributed by atoms with E-state index in [0.29, 0.717) is 17.3 Å². The van der Waals surface area contributed by atoms with Crippen molar-refractivity contribution >= 4 is 11.6 Å². The average molecular weight is 342 g/mol. The molecular weight excluding hydrogens is 322 g/mol. The Bertz CT molecular complexity index is 830. The maximum absolute atomic E-state index is 6.29. The van der Waals surface area contributed by atoms with Gasteiger partial charge in [0.05, 0.1) is 29.2 Å². The van der Waals surface area contributed by atoms with E-state index in [0.717, 1.165) is 22.6 Å². The minimum absolute atomic E-state index is 0.00480. The van der Waals surface area contributed by atoms with Gasteiger partial charge in [0.15, 0.2) is 0 Å². The van der Waals surface area contributed by atoms with E-state index in [1.807, 2.05) is 60.1 Å². The number of hydrogen-bond acceptors (Lipinski definition) is 3. The zero-order valence-corrected chi connectivity index (χ0v) is 14.5.